The van der Waals surface area contributed by atoms with Gasteiger partial charge in [0.15, 0.2) is 0 Å². The van der Waals surface area contributed by atoms with Gasteiger partial charge in [0.2, 0.25) is 5.91 Å². The predicted octanol–water partition coefficient (Wildman–Crippen LogP) is 2.74. The zero-order valence-electron chi connectivity index (χ0n) is 15.9. The monoisotopic (exact) mass is 348 g/mol. The van der Waals surface area contributed by atoms with Crippen molar-refractivity contribution in [3.63, 3.8) is 0 Å². The third-order valence-electron chi connectivity index (χ3n) is 4.41. The summed E-state index contributed by atoms with van der Waals surface area (Å²) in [5.74, 6) is -0.210. The molecule has 0 unspecified atom stereocenters. The zero-order chi connectivity index (χ0) is 18.5. The van der Waals surface area contributed by atoms with Gasteiger partial charge in [-0.1, -0.05) is 44.2 Å². The fraction of sp³-hybridized carbons (Fsp3) is 0.600. The maximum Gasteiger partial charge on any atom is 0.307 e. The Morgan fingerprint density at radius 1 is 0.960 bits per heavy atom. The van der Waals surface area contributed by atoms with E-state index in [-0.39, 0.29) is 18.3 Å². The van der Waals surface area contributed by atoms with Crippen molar-refractivity contribution in [3.05, 3.63) is 35.9 Å². The smallest absolute Gasteiger partial charge is 0.307 e. The molecule has 5 heteroatoms. The lowest BCUT2D eigenvalue weighted by Gasteiger charge is -2.23. The minimum atomic E-state index is -0.277. The first-order chi connectivity index (χ1) is 12.1. The Balaban J connectivity index is 2.52. The Bertz CT molecular complexity index is 501. The van der Waals surface area contributed by atoms with Crippen LogP contribution >= 0.6 is 0 Å². The topological polar surface area (TPSA) is 49.9 Å². The van der Waals surface area contributed by atoms with Crippen LogP contribution in [0.1, 0.15) is 38.7 Å². The molecule has 5 nitrogen and oxygen atoms in total. The Morgan fingerprint density at radius 3 is 2.20 bits per heavy atom. The molecule has 1 rings (SSSR count). The highest BCUT2D eigenvalue weighted by atomic mass is 16.5. The number of methoxy groups -OCH3 is 1. The molecule has 1 aromatic rings. The van der Waals surface area contributed by atoms with Crippen molar-refractivity contribution in [2.24, 2.45) is 0 Å². The molecule has 0 bridgehead atoms. The summed E-state index contributed by atoms with van der Waals surface area (Å²) in [5.41, 5.74) is 0.999. The van der Waals surface area contributed by atoms with Gasteiger partial charge in [0.25, 0.3) is 0 Å². The van der Waals surface area contributed by atoms with Gasteiger partial charge in [0.05, 0.1) is 20.0 Å². The average Bonchev–Trinajstić information content (AvgIpc) is 2.64. The van der Waals surface area contributed by atoms with E-state index in [2.05, 4.69) is 18.7 Å². The van der Waals surface area contributed by atoms with Crippen molar-refractivity contribution in [2.45, 2.75) is 39.5 Å². The molecule has 0 N–H and O–H groups in total. The van der Waals surface area contributed by atoms with E-state index >= 15 is 0 Å². The predicted molar refractivity (Wildman–Crippen MR) is 100 cm³/mol. The number of hydrogen-bond donors (Lipinski definition) is 0. The van der Waals surface area contributed by atoms with Crippen LogP contribution in [0.25, 0.3) is 0 Å². The van der Waals surface area contributed by atoms with Crippen LogP contribution < -0.4 is 0 Å². The van der Waals surface area contributed by atoms with Crippen LogP contribution in [0.2, 0.25) is 0 Å². The van der Waals surface area contributed by atoms with Crippen molar-refractivity contribution in [1.29, 1.82) is 0 Å². The van der Waals surface area contributed by atoms with Crippen molar-refractivity contribution in [2.75, 3.05) is 39.8 Å². The highest BCUT2D eigenvalue weighted by molar-refractivity contribution is 5.79. The molecule has 0 fully saturated rings. The SMILES string of the molecule is CCN(CC)CCCCN(CCC(=O)OC)C(=O)Cc1ccccc1. The van der Waals surface area contributed by atoms with E-state index in [1.807, 2.05) is 30.3 Å². The Hall–Kier alpha value is -1.88. The maximum absolute atomic E-state index is 12.6. The number of nitrogens with zero attached hydrogens (tertiary/aromatic N) is 2. The minimum absolute atomic E-state index is 0.0675. The maximum atomic E-state index is 12.6. The van der Waals surface area contributed by atoms with Gasteiger partial charge < -0.3 is 14.5 Å². The lowest BCUT2D eigenvalue weighted by molar-refractivity contribution is -0.141. The fourth-order valence-electron chi connectivity index (χ4n) is 2.75. The van der Waals surface area contributed by atoms with Crippen LogP contribution in [0.5, 0.6) is 0 Å². The van der Waals surface area contributed by atoms with Gasteiger partial charge >= 0.3 is 5.97 Å². The molecule has 140 valence electrons. The van der Waals surface area contributed by atoms with Gasteiger partial charge in [0, 0.05) is 13.1 Å². The molecule has 0 aliphatic carbocycles. The third-order valence-corrected chi connectivity index (χ3v) is 4.41. The molecule has 0 saturated heterocycles. The molecular weight excluding hydrogens is 316 g/mol. The first-order valence-electron chi connectivity index (χ1n) is 9.21. The lowest BCUT2D eigenvalue weighted by Crippen LogP contribution is -2.35. The number of unbranched alkanes of at least 4 members (excludes halogenated alkanes) is 1. The second-order valence-electron chi connectivity index (χ2n) is 6.10. The van der Waals surface area contributed by atoms with Crippen LogP contribution in [0, 0.1) is 0 Å². The number of ether oxygens (including phenoxy) is 1. The first-order valence-corrected chi connectivity index (χ1v) is 9.21. The van der Waals surface area contributed by atoms with E-state index in [1.54, 1.807) is 4.90 Å². The molecule has 0 heterocycles. The van der Waals surface area contributed by atoms with E-state index in [0.29, 0.717) is 19.5 Å². The molecule has 1 aromatic carbocycles. The summed E-state index contributed by atoms with van der Waals surface area (Å²) < 4.78 is 4.70. The summed E-state index contributed by atoms with van der Waals surface area (Å²) in [6, 6.07) is 9.72. The minimum Gasteiger partial charge on any atom is -0.469 e. The van der Waals surface area contributed by atoms with Gasteiger partial charge in [-0.05, 0) is 38.0 Å². The number of benzene rings is 1. The molecular formula is C20H32N2O3. The van der Waals surface area contributed by atoms with Crippen molar-refractivity contribution < 1.29 is 14.3 Å². The van der Waals surface area contributed by atoms with E-state index in [1.165, 1.54) is 7.11 Å². The normalized spacial score (nSPS) is 10.7. The van der Waals surface area contributed by atoms with Crippen LogP contribution in [0.15, 0.2) is 30.3 Å². The lowest BCUT2D eigenvalue weighted by atomic mass is 10.1. The number of carbonyl (C=O) groups excluding carboxylic acids is 2. The first kappa shape index (κ1) is 21.2. The van der Waals surface area contributed by atoms with Crippen molar-refractivity contribution in [1.82, 2.24) is 9.80 Å². The van der Waals surface area contributed by atoms with Gasteiger partial charge in [0.1, 0.15) is 0 Å². The van der Waals surface area contributed by atoms with E-state index in [0.717, 1.165) is 38.0 Å². The van der Waals surface area contributed by atoms with Crippen molar-refractivity contribution >= 4 is 11.9 Å². The highest BCUT2D eigenvalue weighted by Crippen LogP contribution is 2.06. The molecule has 1 amide bonds. The van der Waals surface area contributed by atoms with Crippen molar-refractivity contribution in [3.8, 4) is 0 Å². The summed E-state index contributed by atoms with van der Waals surface area (Å²) >= 11 is 0. The van der Waals surface area contributed by atoms with Gasteiger partial charge in [-0.15, -0.1) is 0 Å². The van der Waals surface area contributed by atoms with Gasteiger partial charge in [-0.3, -0.25) is 9.59 Å². The molecule has 0 aliphatic heterocycles. The molecule has 0 radical (unpaired) electrons. The quantitative estimate of drug-likeness (QED) is 0.430. The summed E-state index contributed by atoms with van der Waals surface area (Å²) in [7, 11) is 1.38. The van der Waals surface area contributed by atoms with E-state index in [9.17, 15) is 9.59 Å². The number of esters is 1. The third kappa shape index (κ3) is 8.68. The Kier molecular flexibility index (Phi) is 10.6. The summed E-state index contributed by atoms with van der Waals surface area (Å²) in [4.78, 5) is 28.2. The van der Waals surface area contributed by atoms with E-state index in [4.69, 9.17) is 4.74 Å². The summed E-state index contributed by atoms with van der Waals surface area (Å²) in [5, 5.41) is 0. The van der Waals surface area contributed by atoms with Crippen LogP contribution in [0.4, 0.5) is 0 Å². The van der Waals surface area contributed by atoms with E-state index < -0.39 is 0 Å². The molecule has 25 heavy (non-hydrogen) atoms. The molecule has 0 aliphatic rings. The number of hydrogen-bond acceptors (Lipinski definition) is 4. The largest absolute Gasteiger partial charge is 0.469 e. The standard InChI is InChI=1S/C20H32N2O3/c1-4-21(5-2)14-9-10-15-22(16-13-20(24)25-3)19(23)17-18-11-7-6-8-12-18/h6-8,11-12H,4-5,9-10,13-17H2,1-3H3. The average molecular weight is 348 g/mol. The molecule has 0 spiro atoms. The van der Waals surface area contributed by atoms with Crippen LogP contribution in [-0.4, -0.2) is 61.5 Å². The summed E-state index contributed by atoms with van der Waals surface area (Å²) in [6.45, 7) is 8.58. The second-order valence-corrected chi connectivity index (χ2v) is 6.10. The Morgan fingerprint density at radius 2 is 1.60 bits per heavy atom. The summed E-state index contributed by atoms with van der Waals surface area (Å²) in [6.07, 6.45) is 2.61. The molecule has 0 saturated carbocycles. The fourth-order valence-corrected chi connectivity index (χ4v) is 2.75. The van der Waals surface area contributed by atoms with Gasteiger partial charge in [-0.2, -0.15) is 0 Å². The van der Waals surface area contributed by atoms with Gasteiger partial charge in [-0.25, -0.2) is 0 Å². The number of amides is 1. The Labute approximate surface area is 151 Å². The molecule has 0 atom stereocenters. The molecule has 0 aromatic heterocycles. The number of carbonyl (C=O) groups is 2. The van der Waals surface area contributed by atoms with Crippen LogP contribution in [0.3, 0.4) is 0 Å². The number of rotatable bonds is 12. The highest BCUT2D eigenvalue weighted by Gasteiger charge is 2.15. The zero-order valence-corrected chi connectivity index (χ0v) is 15.9. The van der Waals surface area contributed by atoms with Crippen LogP contribution in [-0.2, 0) is 20.7 Å². The second kappa shape index (κ2) is 12.5.